The number of anilines is 4. The zero-order chi connectivity index (χ0) is 26.1. The molecule has 1 fully saturated rings. The van der Waals surface area contributed by atoms with Crippen LogP contribution in [0.1, 0.15) is 22.3 Å². The van der Waals surface area contributed by atoms with Crippen LogP contribution in [0.25, 0.3) is 11.3 Å². The molecule has 0 radical (unpaired) electrons. The van der Waals surface area contributed by atoms with Crippen molar-refractivity contribution >= 4 is 40.6 Å². The summed E-state index contributed by atoms with van der Waals surface area (Å²) in [4.78, 5) is 31.0. The predicted molar refractivity (Wildman–Crippen MR) is 151 cm³/mol. The molecule has 192 valence electrons. The number of benzene rings is 2. The molecule has 1 atom stereocenters. The number of aromatic nitrogens is 3. The van der Waals surface area contributed by atoms with Crippen LogP contribution in [0.2, 0.25) is 5.02 Å². The number of likely N-dealkylation sites (tertiary alicyclic amines) is 1. The summed E-state index contributed by atoms with van der Waals surface area (Å²) in [5.74, 6) is 1.41. The van der Waals surface area contributed by atoms with E-state index in [0.29, 0.717) is 22.6 Å². The molecule has 38 heavy (non-hydrogen) atoms. The number of pyridine rings is 1. The van der Waals surface area contributed by atoms with Crippen molar-refractivity contribution in [3.8, 4) is 11.3 Å². The van der Waals surface area contributed by atoms with E-state index in [2.05, 4.69) is 25.5 Å². The van der Waals surface area contributed by atoms with Crippen molar-refractivity contribution in [3.63, 3.8) is 0 Å². The first kappa shape index (κ1) is 24.3. The maximum absolute atomic E-state index is 12.9. The zero-order valence-corrected chi connectivity index (χ0v) is 21.8. The second-order valence-corrected chi connectivity index (χ2v) is 9.98. The van der Waals surface area contributed by atoms with E-state index >= 15 is 0 Å². The molecule has 8 nitrogen and oxygen atoms in total. The maximum Gasteiger partial charge on any atom is 0.253 e. The summed E-state index contributed by atoms with van der Waals surface area (Å²) >= 11 is 6.42. The van der Waals surface area contributed by atoms with E-state index < -0.39 is 0 Å². The maximum atomic E-state index is 12.9. The van der Waals surface area contributed by atoms with Crippen LogP contribution in [0.4, 0.5) is 23.1 Å². The minimum absolute atomic E-state index is 0.0586. The highest BCUT2D eigenvalue weighted by Crippen LogP contribution is 2.40. The molecule has 2 aliphatic heterocycles. The first-order valence-corrected chi connectivity index (χ1v) is 13.1. The Bertz CT molecular complexity index is 1460. The van der Waals surface area contributed by atoms with Gasteiger partial charge in [0.2, 0.25) is 5.95 Å². The summed E-state index contributed by atoms with van der Waals surface area (Å²) in [6.45, 7) is 2.25. The van der Waals surface area contributed by atoms with Crippen molar-refractivity contribution in [2.75, 3.05) is 36.9 Å². The second kappa shape index (κ2) is 10.4. The fourth-order valence-corrected chi connectivity index (χ4v) is 5.27. The third kappa shape index (κ3) is 4.80. The van der Waals surface area contributed by atoms with Crippen molar-refractivity contribution in [3.05, 3.63) is 89.2 Å². The average Bonchev–Trinajstić information content (AvgIpc) is 3.38. The van der Waals surface area contributed by atoms with Gasteiger partial charge < -0.3 is 20.4 Å². The first-order valence-electron chi connectivity index (χ1n) is 12.8. The number of likely N-dealkylation sites (N-methyl/N-ethyl adjacent to an activating group) is 1. The lowest BCUT2D eigenvalue weighted by Crippen LogP contribution is -2.33. The number of rotatable bonds is 5. The van der Waals surface area contributed by atoms with Crippen LogP contribution >= 0.6 is 11.6 Å². The van der Waals surface area contributed by atoms with Gasteiger partial charge in [-0.3, -0.25) is 4.79 Å². The molecule has 4 aromatic rings. The predicted octanol–water partition coefficient (Wildman–Crippen LogP) is 5.06. The Morgan fingerprint density at radius 3 is 2.68 bits per heavy atom. The van der Waals surface area contributed by atoms with E-state index in [-0.39, 0.29) is 5.91 Å². The molecule has 2 aromatic carbocycles. The highest BCUT2D eigenvalue weighted by atomic mass is 35.5. The number of carbonyl (C=O) groups excluding carboxylic acids is 1. The number of hydrogen-bond donors (Lipinski definition) is 2. The monoisotopic (exact) mass is 525 g/mol. The molecule has 0 saturated carbocycles. The van der Waals surface area contributed by atoms with Gasteiger partial charge in [-0.15, -0.1) is 0 Å². The zero-order valence-electron chi connectivity index (χ0n) is 21.1. The van der Waals surface area contributed by atoms with Gasteiger partial charge in [0.15, 0.2) is 0 Å². The van der Waals surface area contributed by atoms with Gasteiger partial charge in [0.1, 0.15) is 5.82 Å². The van der Waals surface area contributed by atoms with Crippen LogP contribution in [0, 0.1) is 0 Å². The van der Waals surface area contributed by atoms with Crippen molar-refractivity contribution < 1.29 is 4.79 Å². The van der Waals surface area contributed by atoms with Crippen molar-refractivity contribution in [2.45, 2.75) is 18.9 Å². The van der Waals surface area contributed by atoms with Crippen LogP contribution in [-0.2, 0) is 6.42 Å². The number of halogens is 1. The normalized spacial score (nSPS) is 16.5. The van der Waals surface area contributed by atoms with Gasteiger partial charge in [0.25, 0.3) is 5.91 Å². The van der Waals surface area contributed by atoms with E-state index in [9.17, 15) is 4.79 Å². The first-order chi connectivity index (χ1) is 18.6. The smallest absolute Gasteiger partial charge is 0.253 e. The van der Waals surface area contributed by atoms with Crippen LogP contribution in [-0.4, -0.2) is 58.5 Å². The molecule has 6 rings (SSSR count). The molecule has 1 saturated heterocycles. The molecule has 2 aromatic heterocycles. The lowest BCUT2D eigenvalue weighted by Gasteiger charge is -2.24. The Morgan fingerprint density at radius 1 is 1.05 bits per heavy atom. The van der Waals surface area contributed by atoms with Gasteiger partial charge in [0, 0.05) is 59.9 Å². The fourth-order valence-electron chi connectivity index (χ4n) is 5.10. The summed E-state index contributed by atoms with van der Waals surface area (Å²) in [5, 5.41) is 7.21. The summed E-state index contributed by atoms with van der Waals surface area (Å²) < 4.78 is 0. The highest BCUT2D eigenvalue weighted by molar-refractivity contribution is 6.31. The number of nitrogens with zero attached hydrogens (tertiary/aromatic N) is 5. The molecule has 0 aliphatic carbocycles. The third-order valence-corrected chi connectivity index (χ3v) is 7.41. The molecule has 2 aliphatic rings. The molecule has 0 bridgehead atoms. The van der Waals surface area contributed by atoms with Crippen LogP contribution < -0.4 is 15.5 Å². The standard InChI is InChI=1S/C29H28ClN7O/c1-31-23-12-14-36(18-23)28(38)19-5-8-22(9-6-19)34-29-33-17-20-11-15-37(26-4-2-3-13-32-26)25-16-21(30)7-10-24(25)27(20)35-29/h2-10,13,16-17,23,31H,11-12,14-15,18H2,1H3,(H,33,34,35). The molecule has 9 heteroatoms. The Morgan fingerprint density at radius 2 is 1.92 bits per heavy atom. The van der Waals surface area contributed by atoms with Crippen LogP contribution in [0.3, 0.4) is 0 Å². The number of amides is 1. The Balaban J connectivity index is 1.26. The van der Waals surface area contributed by atoms with Gasteiger partial charge in [0.05, 0.1) is 11.4 Å². The number of nitrogens with one attached hydrogen (secondary N) is 2. The minimum atomic E-state index is 0.0586. The highest BCUT2D eigenvalue weighted by Gasteiger charge is 2.26. The fraction of sp³-hybridized carbons (Fsp3) is 0.241. The number of carbonyl (C=O) groups is 1. The van der Waals surface area contributed by atoms with E-state index in [1.807, 2.05) is 78.8 Å². The summed E-state index contributed by atoms with van der Waals surface area (Å²) in [6, 6.07) is 19.6. The Labute approximate surface area is 226 Å². The second-order valence-electron chi connectivity index (χ2n) is 9.55. The largest absolute Gasteiger partial charge is 0.337 e. The summed E-state index contributed by atoms with van der Waals surface area (Å²) in [6.07, 6.45) is 5.42. The molecule has 1 amide bonds. The molecule has 2 N–H and O–H groups in total. The lowest BCUT2D eigenvalue weighted by molar-refractivity contribution is 0.0789. The minimum Gasteiger partial charge on any atom is -0.337 e. The Hall–Kier alpha value is -4.01. The molecule has 0 spiro atoms. The SMILES string of the molecule is CNC1CCN(C(=O)c2ccc(Nc3ncc4c(n3)-c3ccc(Cl)cc3N(c3ccccn3)CC4)cc2)C1. The van der Waals surface area contributed by atoms with Gasteiger partial charge in [-0.1, -0.05) is 17.7 Å². The Kier molecular flexibility index (Phi) is 6.66. The van der Waals surface area contributed by atoms with Crippen molar-refractivity contribution in [2.24, 2.45) is 0 Å². The molecule has 1 unspecified atom stereocenters. The van der Waals surface area contributed by atoms with Crippen molar-refractivity contribution in [1.82, 2.24) is 25.2 Å². The topological polar surface area (TPSA) is 86.3 Å². The van der Waals surface area contributed by atoms with Gasteiger partial charge >= 0.3 is 0 Å². The van der Waals surface area contributed by atoms with Gasteiger partial charge in [-0.2, -0.15) is 0 Å². The lowest BCUT2D eigenvalue weighted by atomic mass is 10.1. The van der Waals surface area contributed by atoms with E-state index in [4.69, 9.17) is 16.6 Å². The molecular weight excluding hydrogens is 498 g/mol. The third-order valence-electron chi connectivity index (χ3n) is 7.17. The average molecular weight is 526 g/mol. The van der Waals surface area contributed by atoms with Crippen molar-refractivity contribution in [1.29, 1.82) is 0 Å². The number of hydrogen-bond acceptors (Lipinski definition) is 7. The van der Waals surface area contributed by atoms with E-state index in [1.54, 1.807) is 6.20 Å². The van der Waals surface area contributed by atoms with Gasteiger partial charge in [-0.05, 0) is 80.1 Å². The summed E-state index contributed by atoms with van der Waals surface area (Å²) in [5.41, 5.74) is 5.36. The summed E-state index contributed by atoms with van der Waals surface area (Å²) in [7, 11) is 1.94. The van der Waals surface area contributed by atoms with E-state index in [1.165, 1.54) is 0 Å². The van der Waals surface area contributed by atoms with Crippen LogP contribution in [0.15, 0.2) is 73.1 Å². The van der Waals surface area contributed by atoms with Crippen LogP contribution in [0.5, 0.6) is 0 Å². The quantitative estimate of drug-likeness (QED) is 0.376. The molecule has 4 heterocycles. The molecular formula is C29H28ClN7O. The number of fused-ring (bicyclic) bond motifs is 3. The van der Waals surface area contributed by atoms with Gasteiger partial charge in [-0.25, -0.2) is 15.0 Å². The van der Waals surface area contributed by atoms with E-state index in [0.717, 1.165) is 66.5 Å².